The fraction of sp³-hybridized carbons (Fsp3) is 0.278. The van der Waals surface area contributed by atoms with Crippen molar-refractivity contribution < 1.29 is 19.1 Å². The van der Waals surface area contributed by atoms with Crippen molar-refractivity contribution in [3.8, 4) is 0 Å². The molecule has 0 saturated carbocycles. The van der Waals surface area contributed by atoms with E-state index in [2.05, 4.69) is 5.32 Å². The van der Waals surface area contributed by atoms with Crippen LogP contribution in [0.5, 0.6) is 0 Å². The number of ether oxygens (including phenoxy) is 1. The van der Waals surface area contributed by atoms with Gasteiger partial charge in [0.15, 0.2) is 5.78 Å². The van der Waals surface area contributed by atoms with Crippen LogP contribution in [0.25, 0.3) is 0 Å². The molecule has 0 spiro atoms. The summed E-state index contributed by atoms with van der Waals surface area (Å²) >= 11 is 1.20. The van der Waals surface area contributed by atoms with E-state index in [1.165, 1.54) is 11.3 Å². The van der Waals surface area contributed by atoms with Gasteiger partial charge < -0.3 is 10.1 Å². The second kappa shape index (κ2) is 7.67. The Labute approximate surface area is 160 Å². The van der Waals surface area contributed by atoms with Gasteiger partial charge >= 0.3 is 0 Å². The second-order valence-electron chi connectivity index (χ2n) is 5.99. The maximum absolute atomic E-state index is 12.8. The average Bonchev–Trinajstić information content (AvgIpc) is 3.04. The molecule has 4 rings (SSSR count). The number of rotatable bonds is 3. The number of ketones is 2. The lowest BCUT2D eigenvalue weighted by Gasteiger charge is -2.25. The summed E-state index contributed by atoms with van der Waals surface area (Å²) in [4.78, 5) is 40.1. The van der Waals surface area contributed by atoms with Crippen LogP contribution in [0, 0.1) is 0 Å². The minimum absolute atomic E-state index is 0. The van der Waals surface area contributed by atoms with Crippen LogP contribution >= 0.6 is 23.7 Å². The standard InChI is InChI=1S/C18H16N2O4S.ClH/c21-14(9-20-5-7-24-8-6-20)19-13-10-25-18-15(13)16(22)11-3-1-2-4-12(11)17(18)23;/h1-4,10H,5-9H2,(H,19,21);1H. The number of carbonyl (C=O) groups excluding carboxylic acids is 3. The lowest BCUT2D eigenvalue weighted by molar-refractivity contribution is -0.118. The number of nitrogens with zero attached hydrogens (tertiary/aromatic N) is 1. The Morgan fingerprint density at radius 2 is 1.77 bits per heavy atom. The van der Waals surface area contributed by atoms with Crippen molar-refractivity contribution in [3.63, 3.8) is 0 Å². The zero-order chi connectivity index (χ0) is 17.4. The molecule has 1 N–H and O–H groups in total. The van der Waals surface area contributed by atoms with Gasteiger partial charge in [0.05, 0.1) is 35.9 Å². The van der Waals surface area contributed by atoms with Gasteiger partial charge in [0, 0.05) is 29.6 Å². The second-order valence-corrected chi connectivity index (χ2v) is 6.87. The summed E-state index contributed by atoms with van der Waals surface area (Å²) in [6.45, 7) is 2.89. The number of hydrogen-bond acceptors (Lipinski definition) is 6. The normalized spacial score (nSPS) is 16.5. The van der Waals surface area contributed by atoms with E-state index >= 15 is 0 Å². The Morgan fingerprint density at radius 1 is 1.12 bits per heavy atom. The molecule has 1 aliphatic heterocycles. The summed E-state index contributed by atoms with van der Waals surface area (Å²) in [5.74, 6) is -0.571. The summed E-state index contributed by atoms with van der Waals surface area (Å²) in [5, 5.41) is 4.47. The van der Waals surface area contributed by atoms with E-state index in [-0.39, 0.29) is 36.4 Å². The fourth-order valence-electron chi connectivity index (χ4n) is 3.13. The maximum atomic E-state index is 12.8. The number of halogens is 1. The molecular weight excluding hydrogens is 376 g/mol. The molecule has 0 atom stereocenters. The predicted molar refractivity (Wildman–Crippen MR) is 101 cm³/mol. The molecule has 0 radical (unpaired) electrons. The third-order valence-electron chi connectivity index (χ3n) is 4.39. The summed E-state index contributed by atoms with van der Waals surface area (Å²) in [6, 6.07) is 6.79. The highest BCUT2D eigenvalue weighted by molar-refractivity contribution is 7.13. The van der Waals surface area contributed by atoms with Crippen LogP contribution in [0.2, 0.25) is 0 Å². The molecular formula is C18H17ClN2O4S. The van der Waals surface area contributed by atoms with Crippen LogP contribution in [0.4, 0.5) is 5.69 Å². The molecule has 1 saturated heterocycles. The monoisotopic (exact) mass is 392 g/mol. The number of hydrogen-bond donors (Lipinski definition) is 1. The first-order chi connectivity index (χ1) is 12.1. The SMILES string of the molecule is Cl.O=C(CN1CCOCC1)Nc1csc2c1C(=O)c1ccccc1C2=O. The summed E-state index contributed by atoms with van der Waals surface area (Å²) < 4.78 is 5.27. The maximum Gasteiger partial charge on any atom is 0.238 e. The molecule has 1 aromatic heterocycles. The highest BCUT2D eigenvalue weighted by Crippen LogP contribution is 2.36. The number of morpholine rings is 1. The van der Waals surface area contributed by atoms with Crippen LogP contribution < -0.4 is 5.32 Å². The van der Waals surface area contributed by atoms with Gasteiger partial charge in [-0.1, -0.05) is 24.3 Å². The van der Waals surface area contributed by atoms with Crippen molar-refractivity contribution in [1.82, 2.24) is 4.90 Å². The summed E-state index contributed by atoms with van der Waals surface area (Å²) in [7, 11) is 0. The Bertz CT molecular complexity index is 874. The Balaban J connectivity index is 0.00000196. The number of fused-ring (bicyclic) bond motifs is 2. The molecule has 2 aromatic rings. The first kappa shape index (κ1) is 18.7. The van der Waals surface area contributed by atoms with Crippen molar-refractivity contribution in [1.29, 1.82) is 0 Å². The smallest absolute Gasteiger partial charge is 0.238 e. The van der Waals surface area contributed by atoms with Gasteiger partial charge in [-0.2, -0.15) is 0 Å². The minimum atomic E-state index is -0.215. The third kappa shape index (κ3) is 3.31. The van der Waals surface area contributed by atoms with Gasteiger partial charge in [-0.05, 0) is 0 Å². The van der Waals surface area contributed by atoms with Crippen LogP contribution in [0.3, 0.4) is 0 Å². The zero-order valence-electron chi connectivity index (χ0n) is 13.8. The number of nitrogens with one attached hydrogen (secondary N) is 1. The number of carbonyl (C=O) groups is 3. The Kier molecular flexibility index (Phi) is 5.52. The molecule has 1 fully saturated rings. The van der Waals surface area contributed by atoms with Crippen LogP contribution in [-0.2, 0) is 9.53 Å². The van der Waals surface area contributed by atoms with Gasteiger partial charge in [0.2, 0.25) is 11.7 Å². The van der Waals surface area contributed by atoms with Gasteiger partial charge in [-0.15, -0.1) is 23.7 Å². The molecule has 26 heavy (non-hydrogen) atoms. The molecule has 1 amide bonds. The molecule has 2 aliphatic rings. The predicted octanol–water partition coefficient (Wildman–Crippen LogP) is 2.22. The van der Waals surface area contributed by atoms with Gasteiger partial charge in [0.1, 0.15) is 0 Å². The van der Waals surface area contributed by atoms with E-state index in [1.807, 2.05) is 4.90 Å². The topological polar surface area (TPSA) is 75.7 Å². The highest BCUT2D eigenvalue weighted by atomic mass is 35.5. The minimum Gasteiger partial charge on any atom is -0.379 e. The van der Waals surface area contributed by atoms with E-state index in [4.69, 9.17) is 4.74 Å². The van der Waals surface area contributed by atoms with Gasteiger partial charge in [-0.25, -0.2) is 0 Å². The molecule has 0 bridgehead atoms. The number of amides is 1. The molecule has 0 unspecified atom stereocenters. The Hall–Kier alpha value is -2.06. The fourth-order valence-corrected chi connectivity index (χ4v) is 4.08. The molecule has 136 valence electrons. The number of anilines is 1. The molecule has 2 heterocycles. The molecule has 6 nitrogen and oxygen atoms in total. The molecule has 1 aromatic carbocycles. The van der Waals surface area contributed by atoms with Gasteiger partial charge in [-0.3, -0.25) is 19.3 Å². The molecule has 1 aliphatic carbocycles. The van der Waals surface area contributed by atoms with Crippen molar-refractivity contribution in [2.75, 3.05) is 38.2 Å². The van der Waals surface area contributed by atoms with Crippen LogP contribution in [0.1, 0.15) is 31.2 Å². The average molecular weight is 393 g/mol. The van der Waals surface area contributed by atoms with E-state index in [1.54, 1.807) is 29.6 Å². The first-order valence-electron chi connectivity index (χ1n) is 8.05. The lowest BCUT2D eigenvalue weighted by Crippen LogP contribution is -2.41. The van der Waals surface area contributed by atoms with Crippen molar-refractivity contribution in [3.05, 3.63) is 51.2 Å². The first-order valence-corrected chi connectivity index (χ1v) is 8.93. The van der Waals surface area contributed by atoms with Crippen LogP contribution in [-0.4, -0.2) is 55.2 Å². The quantitative estimate of drug-likeness (QED) is 0.739. The third-order valence-corrected chi connectivity index (χ3v) is 5.36. The van der Waals surface area contributed by atoms with Crippen molar-refractivity contribution in [2.24, 2.45) is 0 Å². The van der Waals surface area contributed by atoms with E-state index in [9.17, 15) is 14.4 Å². The van der Waals surface area contributed by atoms with Gasteiger partial charge in [0.25, 0.3) is 0 Å². The van der Waals surface area contributed by atoms with E-state index in [0.29, 0.717) is 53.6 Å². The highest BCUT2D eigenvalue weighted by Gasteiger charge is 2.33. The van der Waals surface area contributed by atoms with E-state index < -0.39 is 0 Å². The Morgan fingerprint density at radius 3 is 2.46 bits per heavy atom. The largest absolute Gasteiger partial charge is 0.379 e. The lowest BCUT2D eigenvalue weighted by atomic mass is 9.88. The van der Waals surface area contributed by atoms with E-state index in [0.717, 1.165) is 0 Å². The zero-order valence-corrected chi connectivity index (χ0v) is 15.5. The van der Waals surface area contributed by atoms with Crippen molar-refractivity contribution in [2.45, 2.75) is 0 Å². The van der Waals surface area contributed by atoms with Crippen LogP contribution in [0.15, 0.2) is 29.6 Å². The summed E-state index contributed by atoms with van der Waals surface area (Å²) in [6.07, 6.45) is 0. The number of thiophene rings is 1. The number of benzene rings is 1. The molecule has 8 heteroatoms. The van der Waals surface area contributed by atoms with Crippen molar-refractivity contribution >= 4 is 46.9 Å². The summed E-state index contributed by atoms with van der Waals surface area (Å²) in [5.41, 5.74) is 1.55.